The third-order valence-electron chi connectivity index (χ3n) is 2.46. The number of hydrogen-bond acceptors (Lipinski definition) is 3. The smallest absolute Gasteiger partial charge is 0.126 e. The molecule has 1 aromatic heterocycles. The zero-order valence-corrected chi connectivity index (χ0v) is 7.51. The maximum Gasteiger partial charge on any atom is 0.126 e. The van der Waals surface area contributed by atoms with E-state index >= 15 is 0 Å². The van der Waals surface area contributed by atoms with E-state index in [0.717, 1.165) is 18.4 Å². The van der Waals surface area contributed by atoms with Gasteiger partial charge in [-0.05, 0) is 12.5 Å². The molecule has 0 aromatic carbocycles. The Kier molecular flexibility index (Phi) is 2.14. The molecule has 1 saturated heterocycles. The van der Waals surface area contributed by atoms with Gasteiger partial charge in [0.25, 0.3) is 0 Å². The van der Waals surface area contributed by atoms with Crippen LogP contribution in [0.25, 0.3) is 0 Å². The average molecular weight is 180 g/mol. The van der Waals surface area contributed by atoms with Crippen LogP contribution in [0.2, 0.25) is 0 Å². The molecule has 2 heterocycles. The number of carbonyl (C=O) groups is 1. The molecule has 1 fully saturated rings. The lowest BCUT2D eigenvalue weighted by molar-refractivity contribution is -0.112. The summed E-state index contributed by atoms with van der Waals surface area (Å²) in [4.78, 5) is 10.7. The van der Waals surface area contributed by atoms with E-state index in [1.54, 1.807) is 10.9 Å². The number of aryl methyl sites for hydroxylation is 1. The molecular formula is C9H12N2O2. The van der Waals surface area contributed by atoms with E-state index < -0.39 is 0 Å². The lowest BCUT2D eigenvalue weighted by atomic mass is 10.0. The first-order valence-electron chi connectivity index (χ1n) is 4.37. The van der Waals surface area contributed by atoms with Crippen molar-refractivity contribution in [2.75, 3.05) is 6.61 Å². The highest BCUT2D eigenvalue weighted by Crippen LogP contribution is 2.32. The Morgan fingerprint density at radius 1 is 1.77 bits per heavy atom. The van der Waals surface area contributed by atoms with Crippen LogP contribution in [0.4, 0.5) is 0 Å². The molecule has 0 aliphatic carbocycles. The van der Waals surface area contributed by atoms with Gasteiger partial charge in [0.05, 0.1) is 5.69 Å². The zero-order chi connectivity index (χ0) is 9.26. The van der Waals surface area contributed by atoms with Crippen molar-refractivity contribution in [1.82, 2.24) is 9.78 Å². The molecule has 1 aromatic rings. The molecule has 0 N–H and O–H groups in total. The van der Waals surface area contributed by atoms with Crippen molar-refractivity contribution >= 4 is 6.29 Å². The molecule has 0 radical (unpaired) electrons. The summed E-state index contributed by atoms with van der Waals surface area (Å²) in [7, 11) is 1.86. The van der Waals surface area contributed by atoms with E-state index in [-0.39, 0.29) is 12.0 Å². The molecule has 2 rings (SSSR count). The quantitative estimate of drug-likeness (QED) is 0.629. The van der Waals surface area contributed by atoms with Gasteiger partial charge in [0.2, 0.25) is 0 Å². The summed E-state index contributed by atoms with van der Waals surface area (Å²) in [5, 5.41) is 4.05. The molecule has 0 saturated carbocycles. The fraction of sp³-hybridized carbons (Fsp3) is 0.556. The molecule has 70 valence electrons. The van der Waals surface area contributed by atoms with Gasteiger partial charge in [-0.25, -0.2) is 0 Å². The molecule has 1 aliphatic heterocycles. The normalized spacial score (nSPS) is 27.8. The number of nitrogens with zero attached hydrogens (tertiary/aromatic N) is 2. The van der Waals surface area contributed by atoms with Crippen molar-refractivity contribution in [3.05, 3.63) is 18.0 Å². The summed E-state index contributed by atoms with van der Waals surface area (Å²) < 4.78 is 7.25. The third-order valence-corrected chi connectivity index (χ3v) is 2.46. The summed E-state index contributed by atoms with van der Waals surface area (Å²) in [5.74, 6) is -0.00426. The number of aldehydes is 1. The second-order valence-corrected chi connectivity index (χ2v) is 3.26. The largest absolute Gasteiger partial charge is 0.371 e. The topological polar surface area (TPSA) is 44.1 Å². The lowest BCUT2D eigenvalue weighted by Crippen LogP contribution is -2.12. The van der Waals surface area contributed by atoms with Crippen LogP contribution in [0.1, 0.15) is 18.2 Å². The summed E-state index contributed by atoms with van der Waals surface area (Å²) >= 11 is 0. The van der Waals surface area contributed by atoms with E-state index in [1.165, 1.54) is 0 Å². The summed E-state index contributed by atoms with van der Waals surface area (Å²) in [6.45, 7) is 0.666. The van der Waals surface area contributed by atoms with Crippen molar-refractivity contribution in [1.29, 1.82) is 0 Å². The van der Waals surface area contributed by atoms with Crippen molar-refractivity contribution in [2.24, 2.45) is 13.0 Å². The Labute approximate surface area is 76.5 Å². The molecular weight excluding hydrogens is 168 g/mol. The van der Waals surface area contributed by atoms with Gasteiger partial charge in [0.15, 0.2) is 0 Å². The fourth-order valence-corrected chi connectivity index (χ4v) is 1.71. The van der Waals surface area contributed by atoms with Gasteiger partial charge in [0, 0.05) is 25.8 Å². The van der Waals surface area contributed by atoms with Gasteiger partial charge in [-0.1, -0.05) is 0 Å². The lowest BCUT2D eigenvalue weighted by Gasteiger charge is -2.13. The van der Waals surface area contributed by atoms with Crippen LogP contribution in [0.15, 0.2) is 12.3 Å². The molecule has 2 atom stereocenters. The predicted molar refractivity (Wildman–Crippen MR) is 46.1 cm³/mol. The van der Waals surface area contributed by atoms with E-state index in [2.05, 4.69) is 5.10 Å². The van der Waals surface area contributed by atoms with Crippen LogP contribution in [0.5, 0.6) is 0 Å². The minimum absolute atomic E-state index is 0.00426. The van der Waals surface area contributed by atoms with Gasteiger partial charge >= 0.3 is 0 Å². The predicted octanol–water partition coefficient (Wildman–Crippen LogP) is 0.697. The second kappa shape index (κ2) is 3.30. The molecule has 13 heavy (non-hydrogen) atoms. The standard InChI is InChI=1S/C9H12N2O2/c1-11-8(2-4-10-11)9-7(6-12)3-5-13-9/h2,4,6-7,9H,3,5H2,1H3/t7-,9-/m1/s1. The highest BCUT2D eigenvalue weighted by molar-refractivity contribution is 5.55. The average Bonchev–Trinajstić information content (AvgIpc) is 2.71. The van der Waals surface area contributed by atoms with Crippen LogP contribution < -0.4 is 0 Å². The molecule has 0 spiro atoms. The van der Waals surface area contributed by atoms with Crippen LogP contribution in [0, 0.1) is 5.92 Å². The fourth-order valence-electron chi connectivity index (χ4n) is 1.71. The first-order chi connectivity index (χ1) is 6.33. The van der Waals surface area contributed by atoms with Crippen molar-refractivity contribution in [3.63, 3.8) is 0 Å². The Morgan fingerprint density at radius 2 is 2.62 bits per heavy atom. The Morgan fingerprint density at radius 3 is 3.23 bits per heavy atom. The van der Waals surface area contributed by atoms with Gasteiger partial charge < -0.3 is 9.53 Å². The van der Waals surface area contributed by atoms with E-state index in [9.17, 15) is 4.79 Å². The number of rotatable bonds is 2. The van der Waals surface area contributed by atoms with E-state index in [4.69, 9.17) is 4.74 Å². The van der Waals surface area contributed by atoms with Crippen LogP contribution >= 0.6 is 0 Å². The third kappa shape index (κ3) is 1.37. The molecule has 1 aliphatic rings. The molecule has 4 heteroatoms. The van der Waals surface area contributed by atoms with Gasteiger partial charge in [-0.2, -0.15) is 5.10 Å². The van der Waals surface area contributed by atoms with E-state index in [1.807, 2.05) is 13.1 Å². The maximum absolute atomic E-state index is 10.7. The van der Waals surface area contributed by atoms with Gasteiger partial charge in [-0.15, -0.1) is 0 Å². The Hall–Kier alpha value is -1.16. The first kappa shape index (κ1) is 8.44. The van der Waals surface area contributed by atoms with E-state index in [0.29, 0.717) is 6.61 Å². The summed E-state index contributed by atoms with van der Waals surface area (Å²) in [6, 6.07) is 1.90. The van der Waals surface area contributed by atoms with Crippen LogP contribution in [-0.4, -0.2) is 22.7 Å². The van der Waals surface area contributed by atoms with Crippen molar-refractivity contribution in [3.8, 4) is 0 Å². The first-order valence-corrected chi connectivity index (χ1v) is 4.37. The molecule has 0 amide bonds. The minimum atomic E-state index is -0.0926. The van der Waals surface area contributed by atoms with Crippen LogP contribution in [-0.2, 0) is 16.6 Å². The molecule has 0 bridgehead atoms. The maximum atomic E-state index is 10.7. The van der Waals surface area contributed by atoms with Crippen LogP contribution in [0.3, 0.4) is 0 Å². The number of carbonyl (C=O) groups excluding carboxylic acids is 1. The zero-order valence-electron chi connectivity index (χ0n) is 7.51. The molecule has 4 nitrogen and oxygen atoms in total. The summed E-state index contributed by atoms with van der Waals surface area (Å²) in [5.41, 5.74) is 0.981. The Balaban J connectivity index is 2.25. The highest BCUT2D eigenvalue weighted by atomic mass is 16.5. The van der Waals surface area contributed by atoms with Gasteiger partial charge in [0.1, 0.15) is 12.4 Å². The van der Waals surface area contributed by atoms with Gasteiger partial charge in [-0.3, -0.25) is 4.68 Å². The number of hydrogen-bond donors (Lipinski definition) is 0. The summed E-state index contributed by atoms with van der Waals surface area (Å²) in [6.07, 6.45) is 3.42. The number of aromatic nitrogens is 2. The minimum Gasteiger partial charge on any atom is -0.371 e. The second-order valence-electron chi connectivity index (χ2n) is 3.26. The molecule has 0 unspecified atom stereocenters. The SMILES string of the molecule is Cn1nccc1[C@@H]1OCC[C@@H]1C=O. The highest BCUT2D eigenvalue weighted by Gasteiger charge is 2.30. The van der Waals surface area contributed by atoms with Crippen molar-refractivity contribution < 1.29 is 9.53 Å². The number of ether oxygens (including phenoxy) is 1. The monoisotopic (exact) mass is 180 g/mol. The Bertz CT molecular complexity index is 308. The van der Waals surface area contributed by atoms with Crippen molar-refractivity contribution in [2.45, 2.75) is 12.5 Å².